The number of rotatable bonds is 10. The Labute approximate surface area is 686 Å². The summed E-state index contributed by atoms with van der Waals surface area (Å²) in [5.74, 6) is -3.41. The Bertz CT molecular complexity index is 6080. The molecule has 14 aromatic rings. The monoisotopic (exact) mass is 1700 g/mol. The second-order valence-corrected chi connectivity index (χ2v) is 33.7. The van der Waals surface area contributed by atoms with Gasteiger partial charge in [0.1, 0.15) is 59.4 Å². The van der Waals surface area contributed by atoms with Crippen molar-refractivity contribution >= 4 is 184 Å². The molecule has 0 radical (unpaired) electrons. The van der Waals surface area contributed by atoms with Gasteiger partial charge in [-0.25, -0.2) is 39.5 Å². The molecule has 4 N–H and O–H groups in total. The Morgan fingerprint density at radius 2 is 0.912 bits per heavy atom. The number of aliphatic imine (C=N–C) groups is 1. The van der Waals surface area contributed by atoms with Gasteiger partial charge in [-0.05, 0) is 228 Å². The number of phenols is 2. The predicted molar refractivity (Wildman–Crippen MR) is 452 cm³/mol. The zero-order chi connectivity index (χ0) is 79.7. The molecule has 0 spiro atoms. The molecule has 4 aromatic heterocycles. The molecule has 4 fully saturated rings. The minimum absolute atomic E-state index is 0.0642. The summed E-state index contributed by atoms with van der Waals surface area (Å²) in [6.07, 6.45) is 5.06. The number of hydrogen-bond acceptors (Lipinski definition) is 16. The molecule has 4 saturated heterocycles. The molecule has 114 heavy (non-hydrogen) atoms. The number of piperidine rings is 3. The molecule has 588 valence electrons. The molecular weight excluding hydrogens is 1630 g/mol. The maximum absolute atomic E-state index is 15.7. The van der Waals surface area contributed by atoms with Crippen LogP contribution in [0.15, 0.2) is 132 Å². The fourth-order valence-electron chi connectivity index (χ4n) is 16.4. The quantitative estimate of drug-likeness (QED) is 0.113. The summed E-state index contributed by atoms with van der Waals surface area (Å²) in [5.41, 5.74) is 13.1. The Kier molecular flexibility index (Phi) is 23.0. The third kappa shape index (κ3) is 14.8. The molecule has 19 rings (SSSR count). The third-order valence-corrected chi connectivity index (χ3v) is 26.8. The van der Waals surface area contributed by atoms with Gasteiger partial charge in [0.05, 0.1) is 44.3 Å². The van der Waals surface area contributed by atoms with Crippen molar-refractivity contribution < 1.29 is 49.7 Å². The second kappa shape index (κ2) is 33.1. The minimum atomic E-state index is -2.53. The van der Waals surface area contributed by atoms with Gasteiger partial charge < -0.3 is 35.5 Å². The molecule has 9 heterocycles. The molecule has 3 atom stereocenters. The first-order valence-electron chi connectivity index (χ1n) is 37.3. The van der Waals surface area contributed by atoms with Gasteiger partial charge >= 0.3 is 0 Å². The SMILES string of the molecule is Cc1ccc2c(c1-c1c(Cl)cc3c(N4CCCCC4C(F)F)snc3c1F)C=NC2.Cc1ccc2ccccc2c1-c1c(Cl)cc2c(N3CCCCC3)snc2c1F.N[C@@H]1CCN(c2snc3c(F)c(-c4cc(O)cc5ccccc45)c(Cl)cc23)C1.Oc1cccc(F)c1-c1c(Cl)cc2c(N3CCCCC3C(F)F)snc2c1F. The van der Waals surface area contributed by atoms with Crippen molar-refractivity contribution in [3.63, 3.8) is 0 Å². The molecule has 0 bridgehead atoms. The number of nitrogens with two attached hydrogens (primary N) is 1. The van der Waals surface area contributed by atoms with Crippen molar-refractivity contribution in [2.24, 2.45) is 10.7 Å². The van der Waals surface area contributed by atoms with Crippen molar-refractivity contribution in [1.29, 1.82) is 0 Å². The van der Waals surface area contributed by atoms with Gasteiger partial charge in [0.15, 0.2) is 23.3 Å². The number of aromatic hydroxyl groups is 2. The van der Waals surface area contributed by atoms with Crippen LogP contribution in [0, 0.1) is 42.9 Å². The van der Waals surface area contributed by atoms with Gasteiger partial charge in [-0.2, -0.15) is 17.5 Å². The fourth-order valence-corrected chi connectivity index (χ4v) is 21.2. The van der Waals surface area contributed by atoms with Crippen LogP contribution in [0.2, 0.25) is 20.1 Å². The van der Waals surface area contributed by atoms with E-state index in [2.05, 4.69) is 38.4 Å². The number of alkyl halides is 4. The van der Waals surface area contributed by atoms with E-state index in [1.54, 1.807) is 40.3 Å². The average molecular weight is 1710 g/mol. The molecular formula is C85H71Cl4F9N10O2S4. The van der Waals surface area contributed by atoms with Crippen molar-refractivity contribution in [1.82, 2.24) is 17.5 Å². The Hall–Kier alpha value is -8.76. The van der Waals surface area contributed by atoms with Crippen molar-refractivity contribution in [2.75, 3.05) is 58.9 Å². The highest BCUT2D eigenvalue weighted by molar-refractivity contribution is 7.13. The van der Waals surface area contributed by atoms with Crippen LogP contribution in [0.1, 0.15) is 86.5 Å². The second-order valence-electron chi connectivity index (χ2n) is 29.1. The number of aromatic nitrogens is 4. The Balaban J connectivity index is 0.000000115. The van der Waals surface area contributed by atoms with Gasteiger partial charge in [0.2, 0.25) is 0 Å². The van der Waals surface area contributed by atoms with Crippen LogP contribution in [0.25, 0.3) is 110 Å². The van der Waals surface area contributed by atoms with Crippen LogP contribution in [0.4, 0.5) is 59.5 Å². The zero-order valence-corrected chi connectivity index (χ0v) is 67.4. The van der Waals surface area contributed by atoms with Crippen LogP contribution < -0.4 is 25.3 Å². The molecule has 0 saturated carbocycles. The summed E-state index contributed by atoms with van der Waals surface area (Å²) < 4.78 is 148. The number of anilines is 4. The first-order chi connectivity index (χ1) is 55.0. The standard InChI is InChI=1S/C23H20ClFN2S.C22H19ClF3N3S.C21H17ClFN3OS.C19H15ClF4N2OS/c1-14-9-10-15-7-3-4-8-16(15)19(14)20-18(24)13-17-22(21(20)25)26-28-23(17)27-11-5-2-6-12-27;1-11-5-6-12-9-27-10-14(12)17(11)18-15(23)8-13-20(19(18)24)28-30-22(13)29-7-3-2-4-16(29)21(25)26;22-17-9-16-20(25-28-21(16)26-6-5-12(24)10-26)19(23)18(17)15-8-13(27)7-11-3-1-2-4-14(11)15;20-10-8-9-17(16(22)14(10)15-11(21)4-3-6-13(15)27)25-28-19(9)26-7-2-1-5-12(26)18(23)24/h3-4,7-10,13H,2,5-6,11-12H2,1H3;5-6,8,10,16,21H,2-4,7,9H2,1H3;1-4,7-9,12,27H,5-6,10,24H2;3-4,6,8,12,18,27H,1-2,5,7H2/t;;12-;/m..1./s1. The number of phenolic OH excluding ortho intramolecular Hbond substituents is 2. The number of halogens is 13. The largest absolute Gasteiger partial charge is 0.508 e. The van der Waals surface area contributed by atoms with Crippen LogP contribution in [0.3, 0.4) is 0 Å². The van der Waals surface area contributed by atoms with Gasteiger partial charge in [0.25, 0.3) is 12.9 Å². The molecule has 5 aliphatic heterocycles. The van der Waals surface area contributed by atoms with E-state index in [0.29, 0.717) is 103 Å². The summed E-state index contributed by atoms with van der Waals surface area (Å²) >= 11 is 30.8. The number of benzene rings is 10. The predicted octanol–water partition coefficient (Wildman–Crippen LogP) is 25.2. The molecule has 29 heteroatoms. The van der Waals surface area contributed by atoms with Gasteiger partial charge in [-0.3, -0.25) is 4.99 Å². The number of fused-ring (bicyclic) bond motifs is 7. The van der Waals surface area contributed by atoms with Crippen LogP contribution >= 0.6 is 92.5 Å². The lowest BCUT2D eigenvalue weighted by atomic mass is 9.91. The zero-order valence-electron chi connectivity index (χ0n) is 61.2. The highest BCUT2D eigenvalue weighted by atomic mass is 35.5. The van der Waals surface area contributed by atoms with Gasteiger partial charge in [-0.1, -0.05) is 125 Å². The normalized spacial score (nSPS) is 17.1. The minimum Gasteiger partial charge on any atom is -0.508 e. The lowest BCUT2D eigenvalue weighted by Crippen LogP contribution is -2.43. The molecule has 12 nitrogen and oxygen atoms in total. The number of aryl methyl sites for hydroxylation is 2. The van der Waals surface area contributed by atoms with Crippen LogP contribution in [0.5, 0.6) is 11.5 Å². The van der Waals surface area contributed by atoms with E-state index in [1.165, 1.54) is 60.5 Å². The van der Waals surface area contributed by atoms with E-state index < -0.39 is 54.0 Å². The molecule has 0 amide bonds. The van der Waals surface area contributed by atoms with E-state index in [0.717, 1.165) is 151 Å². The van der Waals surface area contributed by atoms with Gasteiger partial charge in [0, 0.05) is 101 Å². The molecule has 0 aliphatic carbocycles. The average Bonchev–Trinajstić information content (AvgIpc) is 1.48. The topological polar surface area (TPSA) is 143 Å². The molecule has 10 aromatic carbocycles. The highest BCUT2D eigenvalue weighted by Gasteiger charge is 2.37. The van der Waals surface area contributed by atoms with Crippen molar-refractivity contribution in [2.45, 2.75) is 116 Å². The number of hydrogen-bond donors (Lipinski definition) is 3. The van der Waals surface area contributed by atoms with Crippen LogP contribution in [-0.2, 0) is 6.54 Å². The fraction of sp³-hybridized carbons (Fsp3) is 0.282. The van der Waals surface area contributed by atoms with E-state index >= 15 is 17.6 Å². The summed E-state index contributed by atoms with van der Waals surface area (Å²) in [6, 6.07) is 35.4. The molecule has 2 unspecified atom stereocenters. The summed E-state index contributed by atoms with van der Waals surface area (Å²) in [4.78, 5) is 12.0. The maximum Gasteiger partial charge on any atom is 0.258 e. The summed E-state index contributed by atoms with van der Waals surface area (Å²) in [6.45, 7) is 8.97. The van der Waals surface area contributed by atoms with E-state index in [-0.39, 0.29) is 55.4 Å². The smallest absolute Gasteiger partial charge is 0.258 e. The third-order valence-electron chi connectivity index (χ3n) is 22.0. The molecule has 5 aliphatic rings. The van der Waals surface area contributed by atoms with Crippen molar-refractivity contribution in [3.8, 4) is 56.0 Å². The Morgan fingerprint density at radius 3 is 1.46 bits per heavy atom. The highest BCUT2D eigenvalue weighted by Crippen LogP contribution is 2.51. The lowest BCUT2D eigenvalue weighted by Gasteiger charge is -2.35. The maximum atomic E-state index is 15.7. The van der Waals surface area contributed by atoms with E-state index in [1.807, 2.05) is 86.6 Å². The summed E-state index contributed by atoms with van der Waals surface area (Å²) in [7, 11) is 0. The Morgan fingerprint density at radius 1 is 0.439 bits per heavy atom. The van der Waals surface area contributed by atoms with E-state index in [4.69, 9.17) is 52.1 Å². The van der Waals surface area contributed by atoms with E-state index in [9.17, 15) is 32.2 Å². The first kappa shape index (κ1) is 79.1. The van der Waals surface area contributed by atoms with Gasteiger partial charge in [-0.15, -0.1) is 0 Å². The number of nitrogens with zero attached hydrogens (tertiary/aromatic N) is 9. The van der Waals surface area contributed by atoms with Crippen molar-refractivity contribution in [3.05, 3.63) is 199 Å². The van der Waals surface area contributed by atoms with Crippen LogP contribution in [-0.4, -0.2) is 104 Å². The summed E-state index contributed by atoms with van der Waals surface area (Å²) in [5, 5.41) is 30.0. The lowest BCUT2D eigenvalue weighted by molar-refractivity contribution is 0.100. The first-order valence-corrected chi connectivity index (χ1v) is 41.9.